The van der Waals surface area contributed by atoms with Crippen LogP contribution in [0.15, 0.2) is 77.9 Å². The second-order valence-electron chi connectivity index (χ2n) is 7.95. The fourth-order valence-corrected chi connectivity index (χ4v) is 3.88. The molecule has 170 valence electrons. The molecule has 0 aromatic heterocycles. The SMILES string of the molecule is COc1cc(N2CCCCC2)ccc1/C=N/NC(=O)COc1ccc(-c2ccccc2)cc1. The van der Waals surface area contributed by atoms with Gasteiger partial charge in [-0.2, -0.15) is 5.10 Å². The van der Waals surface area contributed by atoms with E-state index >= 15 is 0 Å². The van der Waals surface area contributed by atoms with E-state index in [9.17, 15) is 4.79 Å². The van der Waals surface area contributed by atoms with Gasteiger partial charge in [-0.15, -0.1) is 0 Å². The maximum atomic E-state index is 12.1. The van der Waals surface area contributed by atoms with Crippen molar-refractivity contribution >= 4 is 17.8 Å². The largest absolute Gasteiger partial charge is 0.496 e. The smallest absolute Gasteiger partial charge is 0.277 e. The van der Waals surface area contributed by atoms with Gasteiger partial charge in [0.1, 0.15) is 11.5 Å². The molecule has 1 heterocycles. The van der Waals surface area contributed by atoms with E-state index < -0.39 is 0 Å². The number of hydrogen-bond acceptors (Lipinski definition) is 5. The summed E-state index contributed by atoms with van der Waals surface area (Å²) in [5, 5.41) is 4.06. The van der Waals surface area contributed by atoms with Gasteiger partial charge < -0.3 is 14.4 Å². The first kappa shape index (κ1) is 22.4. The number of nitrogens with one attached hydrogen (secondary N) is 1. The van der Waals surface area contributed by atoms with Gasteiger partial charge in [0.25, 0.3) is 5.91 Å². The van der Waals surface area contributed by atoms with Gasteiger partial charge in [0, 0.05) is 30.4 Å². The number of nitrogens with zero attached hydrogens (tertiary/aromatic N) is 2. The molecule has 1 N–H and O–H groups in total. The number of hydrogen-bond donors (Lipinski definition) is 1. The predicted molar refractivity (Wildman–Crippen MR) is 132 cm³/mol. The summed E-state index contributed by atoms with van der Waals surface area (Å²) in [6, 6.07) is 23.8. The van der Waals surface area contributed by atoms with E-state index in [0.29, 0.717) is 5.75 Å². The maximum absolute atomic E-state index is 12.1. The molecule has 0 saturated carbocycles. The number of amides is 1. The highest BCUT2D eigenvalue weighted by atomic mass is 16.5. The molecule has 1 aliphatic heterocycles. The quantitative estimate of drug-likeness (QED) is 0.398. The second-order valence-corrected chi connectivity index (χ2v) is 7.95. The number of benzene rings is 3. The van der Waals surface area contributed by atoms with Crippen molar-refractivity contribution in [3.63, 3.8) is 0 Å². The number of carbonyl (C=O) groups is 1. The predicted octanol–water partition coefficient (Wildman–Crippen LogP) is 4.88. The Hall–Kier alpha value is -3.80. The third-order valence-electron chi connectivity index (χ3n) is 5.66. The lowest BCUT2D eigenvalue weighted by atomic mass is 10.1. The lowest BCUT2D eigenvalue weighted by Crippen LogP contribution is -2.29. The summed E-state index contributed by atoms with van der Waals surface area (Å²) in [6.45, 7) is 2.02. The Labute approximate surface area is 194 Å². The summed E-state index contributed by atoms with van der Waals surface area (Å²) in [5.41, 5.74) is 6.69. The van der Waals surface area contributed by atoms with E-state index in [1.54, 1.807) is 13.3 Å². The minimum atomic E-state index is -0.331. The summed E-state index contributed by atoms with van der Waals surface area (Å²) >= 11 is 0. The minimum Gasteiger partial charge on any atom is -0.496 e. The van der Waals surface area contributed by atoms with Crippen LogP contribution in [0.2, 0.25) is 0 Å². The van der Waals surface area contributed by atoms with Gasteiger partial charge in [-0.3, -0.25) is 4.79 Å². The lowest BCUT2D eigenvalue weighted by Gasteiger charge is -2.29. The molecule has 3 aromatic rings. The van der Waals surface area contributed by atoms with Crippen LogP contribution in [0.1, 0.15) is 24.8 Å². The first-order chi connectivity index (χ1) is 16.2. The molecular formula is C27H29N3O3. The van der Waals surface area contributed by atoms with Crippen molar-refractivity contribution < 1.29 is 14.3 Å². The second kappa shape index (κ2) is 11.2. The molecule has 1 amide bonds. The van der Waals surface area contributed by atoms with Crippen molar-refractivity contribution in [3.05, 3.63) is 78.4 Å². The van der Waals surface area contributed by atoms with Gasteiger partial charge in [-0.25, -0.2) is 5.43 Å². The summed E-state index contributed by atoms with van der Waals surface area (Å²) < 4.78 is 11.1. The number of ether oxygens (including phenoxy) is 2. The Morgan fingerprint density at radius 2 is 1.70 bits per heavy atom. The van der Waals surface area contributed by atoms with Crippen LogP contribution in [0, 0.1) is 0 Å². The zero-order chi connectivity index (χ0) is 22.9. The van der Waals surface area contributed by atoms with E-state index in [2.05, 4.69) is 33.6 Å². The van der Waals surface area contributed by atoms with Gasteiger partial charge in [0.2, 0.25) is 0 Å². The van der Waals surface area contributed by atoms with Gasteiger partial charge >= 0.3 is 0 Å². The summed E-state index contributed by atoms with van der Waals surface area (Å²) in [6.07, 6.45) is 5.32. The fourth-order valence-electron chi connectivity index (χ4n) is 3.88. The van der Waals surface area contributed by atoms with Crippen molar-refractivity contribution in [2.75, 3.05) is 31.7 Å². The molecule has 3 aromatic carbocycles. The molecule has 1 fully saturated rings. The van der Waals surface area contributed by atoms with Crippen molar-refractivity contribution in [2.24, 2.45) is 5.10 Å². The van der Waals surface area contributed by atoms with E-state index in [0.717, 1.165) is 41.2 Å². The minimum absolute atomic E-state index is 0.118. The average Bonchev–Trinajstić information content (AvgIpc) is 2.89. The van der Waals surface area contributed by atoms with Crippen LogP contribution in [0.5, 0.6) is 11.5 Å². The van der Waals surface area contributed by atoms with Gasteiger partial charge in [0.05, 0.1) is 13.3 Å². The van der Waals surface area contributed by atoms with Crippen LogP contribution in [0.4, 0.5) is 5.69 Å². The fraction of sp³-hybridized carbons (Fsp3) is 0.259. The number of methoxy groups -OCH3 is 1. The highest BCUT2D eigenvalue weighted by molar-refractivity contribution is 5.86. The molecule has 0 radical (unpaired) electrons. The van der Waals surface area contributed by atoms with Crippen molar-refractivity contribution in [1.29, 1.82) is 0 Å². The number of anilines is 1. The van der Waals surface area contributed by atoms with Crippen LogP contribution in [0.25, 0.3) is 11.1 Å². The van der Waals surface area contributed by atoms with Gasteiger partial charge in [0.15, 0.2) is 6.61 Å². The molecule has 0 unspecified atom stereocenters. The molecular weight excluding hydrogens is 414 g/mol. The van der Waals surface area contributed by atoms with Crippen molar-refractivity contribution in [2.45, 2.75) is 19.3 Å². The topological polar surface area (TPSA) is 63.2 Å². The third-order valence-corrected chi connectivity index (χ3v) is 5.66. The van der Waals surface area contributed by atoms with E-state index in [-0.39, 0.29) is 12.5 Å². The number of carbonyl (C=O) groups excluding carboxylic acids is 1. The van der Waals surface area contributed by atoms with Crippen LogP contribution in [-0.2, 0) is 4.79 Å². The van der Waals surface area contributed by atoms with Crippen LogP contribution < -0.4 is 19.8 Å². The molecule has 33 heavy (non-hydrogen) atoms. The number of piperidine rings is 1. The number of rotatable bonds is 8. The molecule has 1 aliphatic rings. The zero-order valence-electron chi connectivity index (χ0n) is 18.9. The highest BCUT2D eigenvalue weighted by Gasteiger charge is 2.13. The van der Waals surface area contributed by atoms with Gasteiger partial charge in [-0.05, 0) is 54.7 Å². The molecule has 0 bridgehead atoms. The number of hydrazone groups is 1. The normalized spacial score (nSPS) is 13.7. The standard InChI is InChI=1S/C27H29N3O3/c1-32-26-18-24(30-16-6-3-7-17-30)13-10-23(26)19-28-29-27(31)20-33-25-14-11-22(12-15-25)21-8-4-2-5-9-21/h2,4-5,8-15,18-19H,3,6-7,16-17,20H2,1H3,(H,29,31)/b28-19+. The van der Waals surface area contributed by atoms with Crippen LogP contribution in [0.3, 0.4) is 0 Å². The summed E-state index contributed by atoms with van der Waals surface area (Å²) in [7, 11) is 1.64. The van der Waals surface area contributed by atoms with Crippen LogP contribution in [-0.4, -0.2) is 38.9 Å². The van der Waals surface area contributed by atoms with Crippen molar-refractivity contribution in [3.8, 4) is 22.6 Å². The summed E-state index contributed by atoms with van der Waals surface area (Å²) in [4.78, 5) is 14.5. The van der Waals surface area contributed by atoms with Gasteiger partial charge in [-0.1, -0.05) is 42.5 Å². The Morgan fingerprint density at radius 3 is 2.42 bits per heavy atom. The van der Waals surface area contributed by atoms with E-state index in [1.807, 2.05) is 54.6 Å². The van der Waals surface area contributed by atoms with Crippen LogP contribution >= 0.6 is 0 Å². The third kappa shape index (κ3) is 6.13. The average molecular weight is 444 g/mol. The first-order valence-electron chi connectivity index (χ1n) is 11.3. The van der Waals surface area contributed by atoms with Crippen molar-refractivity contribution in [1.82, 2.24) is 5.43 Å². The zero-order valence-corrected chi connectivity index (χ0v) is 18.9. The first-order valence-corrected chi connectivity index (χ1v) is 11.3. The van der Waals surface area contributed by atoms with E-state index in [1.165, 1.54) is 19.3 Å². The molecule has 0 aliphatic carbocycles. The Balaban J connectivity index is 1.28. The molecule has 0 spiro atoms. The molecule has 0 atom stereocenters. The highest BCUT2D eigenvalue weighted by Crippen LogP contribution is 2.27. The molecule has 6 heteroatoms. The molecule has 4 rings (SSSR count). The molecule has 6 nitrogen and oxygen atoms in total. The maximum Gasteiger partial charge on any atom is 0.277 e. The Bertz CT molecular complexity index is 1080. The van der Waals surface area contributed by atoms with E-state index in [4.69, 9.17) is 9.47 Å². The molecule has 1 saturated heterocycles. The monoisotopic (exact) mass is 443 g/mol. The summed E-state index contributed by atoms with van der Waals surface area (Å²) in [5.74, 6) is 1.02. The lowest BCUT2D eigenvalue weighted by molar-refractivity contribution is -0.123. The Kier molecular flexibility index (Phi) is 7.59. The Morgan fingerprint density at radius 1 is 0.970 bits per heavy atom.